The summed E-state index contributed by atoms with van der Waals surface area (Å²) in [7, 11) is 0. The Hall–Kier alpha value is -2.49. The highest BCUT2D eigenvalue weighted by Crippen LogP contribution is 2.24. The van der Waals surface area contributed by atoms with Crippen LogP contribution in [0.5, 0.6) is 0 Å². The second-order valence-corrected chi connectivity index (χ2v) is 6.13. The van der Waals surface area contributed by atoms with Gasteiger partial charge in [0.25, 0.3) is 0 Å². The van der Waals surface area contributed by atoms with Gasteiger partial charge in [-0.2, -0.15) is 0 Å². The Labute approximate surface area is 177 Å². The van der Waals surface area contributed by atoms with Crippen molar-refractivity contribution in [2.24, 2.45) is 5.41 Å². The predicted molar refractivity (Wildman–Crippen MR) is 109 cm³/mol. The summed E-state index contributed by atoms with van der Waals surface area (Å²) in [6.07, 6.45) is 3.86. The van der Waals surface area contributed by atoms with Crippen LogP contribution in [-0.2, 0) is 42.8 Å². The summed E-state index contributed by atoms with van der Waals surface area (Å²) in [6, 6.07) is 0. The van der Waals surface area contributed by atoms with Gasteiger partial charge in [0.15, 0.2) is 0 Å². The van der Waals surface area contributed by atoms with Crippen LogP contribution in [0.2, 0.25) is 0 Å². The quantitative estimate of drug-likeness (QED) is 0.131. The number of esters is 3. The molecule has 0 aliphatic carbocycles. The van der Waals surface area contributed by atoms with Gasteiger partial charge in [0.2, 0.25) is 0 Å². The molecule has 9 nitrogen and oxygen atoms in total. The van der Waals surface area contributed by atoms with Gasteiger partial charge >= 0.3 is 17.9 Å². The third kappa shape index (κ3) is 13.6. The highest BCUT2D eigenvalue weighted by atomic mass is 16.6. The van der Waals surface area contributed by atoms with Crippen LogP contribution in [0.25, 0.3) is 0 Å². The number of rotatable bonds is 19. The van der Waals surface area contributed by atoms with Crippen LogP contribution in [0.15, 0.2) is 38.0 Å². The van der Waals surface area contributed by atoms with E-state index < -0.39 is 23.3 Å². The number of hydrogen-bond acceptors (Lipinski definition) is 9. The van der Waals surface area contributed by atoms with Gasteiger partial charge in [0.1, 0.15) is 19.8 Å². The van der Waals surface area contributed by atoms with Crippen LogP contribution in [0, 0.1) is 5.41 Å². The van der Waals surface area contributed by atoms with Gasteiger partial charge in [-0.15, -0.1) is 0 Å². The zero-order valence-corrected chi connectivity index (χ0v) is 17.6. The lowest BCUT2D eigenvalue weighted by molar-refractivity contribution is -0.148. The molecule has 0 rings (SSSR count). The molecule has 0 spiro atoms. The molecule has 0 fully saturated rings. The largest absolute Gasteiger partial charge is 0.462 e. The van der Waals surface area contributed by atoms with E-state index in [0.29, 0.717) is 19.6 Å². The normalized spacial score (nSPS) is 12.3. The van der Waals surface area contributed by atoms with E-state index in [-0.39, 0.29) is 46.2 Å². The molecule has 0 bridgehead atoms. The SMILES string of the molecule is C=CC(=O)OCCOCCOCC(CC)(COCCOC(=O)C=C)COC(=O)C=C. The standard InChI is InChI=1S/C21H32O9/c1-5-18(22)28-13-11-25-9-10-26-15-21(8-4,17-30-20(24)7-3)16-27-12-14-29-19(23)6-2/h5-7H,1-3,8-17H2,4H3. The minimum Gasteiger partial charge on any atom is -0.462 e. The fraction of sp³-hybridized carbons (Fsp3) is 0.571. The highest BCUT2D eigenvalue weighted by molar-refractivity contribution is 5.81. The third-order valence-electron chi connectivity index (χ3n) is 3.90. The molecule has 0 aromatic carbocycles. The first kappa shape index (κ1) is 27.5. The molecule has 9 heteroatoms. The van der Waals surface area contributed by atoms with Crippen LogP contribution in [0.1, 0.15) is 13.3 Å². The van der Waals surface area contributed by atoms with Crippen LogP contribution < -0.4 is 0 Å². The first-order valence-corrected chi connectivity index (χ1v) is 9.53. The predicted octanol–water partition coefficient (Wildman–Crippen LogP) is 1.62. The van der Waals surface area contributed by atoms with Crippen LogP contribution in [-0.4, -0.2) is 77.4 Å². The summed E-state index contributed by atoms with van der Waals surface area (Å²) in [4.78, 5) is 33.4. The van der Waals surface area contributed by atoms with Crippen molar-refractivity contribution in [1.82, 2.24) is 0 Å². The smallest absolute Gasteiger partial charge is 0.330 e. The van der Waals surface area contributed by atoms with E-state index in [1.54, 1.807) is 0 Å². The molecule has 1 unspecified atom stereocenters. The minimum absolute atomic E-state index is 0.0825. The summed E-state index contributed by atoms with van der Waals surface area (Å²) in [5.74, 6) is -1.57. The Kier molecular flexibility index (Phi) is 15.9. The lowest BCUT2D eigenvalue weighted by Gasteiger charge is -2.31. The molecule has 0 aliphatic rings. The number of carbonyl (C=O) groups excluding carboxylic acids is 3. The van der Waals surface area contributed by atoms with E-state index in [1.165, 1.54) is 0 Å². The zero-order valence-electron chi connectivity index (χ0n) is 17.6. The van der Waals surface area contributed by atoms with Crippen molar-refractivity contribution in [2.75, 3.05) is 59.5 Å². The minimum atomic E-state index is -0.583. The van der Waals surface area contributed by atoms with Gasteiger partial charge < -0.3 is 28.4 Å². The van der Waals surface area contributed by atoms with Gasteiger partial charge in [0, 0.05) is 18.2 Å². The van der Waals surface area contributed by atoms with Crippen molar-refractivity contribution in [3.8, 4) is 0 Å². The molecule has 0 heterocycles. The van der Waals surface area contributed by atoms with Crippen molar-refractivity contribution >= 4 is 17.9 Å². The van der Waals surface area contributed by atoms with Crippen molar-refractivity contribution in [2.45, 2.75) is 13.3 Å². The maximum Gasteiger partial charge on any atom is 0.330 e. The van der Waals surface area contributed by atoms with E-state index in [4.69, 9.17) is 28.4 Å². The van der Waals surface area contributed by atoms with E-state index in [9.17, 15) is 14.4 Å². The fourth-order valence-electron chi connectivity index (χ4n) is 2.03. The molecule has 0 saturated heterocycles. The molecule has 0 aromatic heterocycles. The van der Waals surface area contributed by atoms with Gasteiger partial charge in [0.05, 0.1) is 45.1 Å². The Morgan fingerprint density at radius 3 is 1.50 bits per heavy atom. The molecule has 170 valence electrons. The number of ether oxygens (including phenoxy) is 6. The molecule has 0 aliphatic heterocycles. The summed E-state index contributed by atoms with van der Waals surface area (Å²) in [5.41, 5.74) is -0.583. The monoisotopic (exact) mass is 428 g/mol. The van der Waals surface area contributed by atoms with Gasteiger partial charge in [-0.05, 0) is 6.42 Å². The Balaban J connectivity index is 4.36. The van der Waals surface area contributed by atoms with Gasteiger partial charge in [-0.1, -0.05) is 26.7 Å². The molecule has 1 atom stereocenters. The maximum absolute atomic E-state index is 11.5. The summed E-state index contributed by atoms with van der Waals surface area (Å²) in [5, 5.41) is 0. The first-order chi connectivity index (χ1) is 14.4. The van der Waals surface area contributed by atoms with Crippen molar-refractivity contribution in [1.29, 1.82) is 0 Å². The Morgan fingerprint density at radius 2 is 1.03 bits per heavy atom. The van der Waals surface area contributed by atoms with Crippen molar-refractivity contribution in [3.63, 3.8) is 0 Å². The maximum atomic E-state index is 11.5. The van der Waals surface area contributed by atoms with Crippen LogP contribution >= 0.6 is 0 Å². The molecule has 0 radical (unpaired) electrons. The van der Waals surface area contributed by atoms with Crippen LogP contribution in [0.4, 0.5) is 0 Å². The van der Waals surface area contributed by atoms with Crippen LogP contribution in [0.3, 0.4) is 0 Å². The molecule has 0 aromatic rings. The number of hydrogen-bond donors (Lipinski definition) is 0. The second kappa shape index (κ2) is 17.4. The topological polar surface area (TPSA) is 107 Å². The molecule has 30 heavy (non-hydrogen) atoms. The van der Waals surface area contributed by atoms with Crippen molar-refractivity contribution < 1.29 is 42.8 Å². The lowest BCUT2D eigenvalue weighted by Crippen LogP contribution is -2.38. The molecular formula is C21H32O9. The molecule has 0 N–H and O–H groups in total. The first-order valence-electron chi connectivity index (χ1n) is 9.53. The fourth-order valence-corrected chi connectivity index (χ4v) is 2.03. The van der Waals surface area contributed by atoms with Gasteiger partial charge in [-0.25, -0.2) is 14.4 Å². The Bertz CT molecular complexity index is 559. The van der Waals surface area contributed by atoms with Crippen molar-refractivity contribution in [3.05, 3.63) is 38.0 Å². The lowest BCUT2D eigenvalue weighted by atomic mass is 9.88. The Morgan fingerprint density at radius 1 is 0.633 bits per heavy atom. The average Bonchev–Trinajstić information content (AvgIpc) is 2.77. The third-order valence-corrected chi connectivity index (χ3v) is 3.90. The molecule has 0 amide bonds. The van der Waals surface area contributed by atoms with E-state index in [2.05, 4.69) is 19.7 Å². The van der Waals surface area contributed by atoms with E-state index in [1.807, 2.05) is 6.92 Å². The van der Waals surface area contributed by atoms with E-state index >= 15 is 0 Å². The summed E-state index contributed by atoms with van der Waals surface area (Å²) >= 11 is 0. The molecule has 0 saturated carbocycles. The molecular weight excluding hydrogens is 396 g/mol. The zero-order chi connectivity index (χ0) is 22.7. The average molecular weight is 428 g/mol. The summed E-state index contributed by atoms with van der Waals surface area (Å²) < 4.78 is 31.4. The van der Waals surface area contributed by atoms with E-state index in [0.717, 1.165) is 18.2 Å². The number of carbonyl (C=O) groups is 3. The van der Waals surface area contributed by atoms with Gasteiger partial charge in [-0.3, -0.25) is 0 Å². The highest BCUT2D eigenvalue weighted by Gasteiger charge is 2.31. The summed E-state index contributed by atoms with van der Waals surface area (Å²) in [6.45, 7) is 13.7. The second-order valence-electron chi connectivity index (χ2n) is 6.13.